The third-order valence-corrected chi connectivity index (χ3v) is 7.91. The van der Waals surface area contributed by atoms with Crippen LogP contribution in [-0.4, -0.2) is 52.7 Å². The minimum atomic E-state index is -0.0637. The molecule has 3 aromatic rings. The first-order chi connectivity index (χ1) is 16.0. The Morgan fingerprint density at radius 1 is 1.06 bits per heavy atom. The van der Waals surface area contributed by atoms with Gasteiger partial charge in [0.05, 0.1) is 5.39 Å². The predicted octanol–water partition coefficient (Wildman–Crippen LogP) is 3.35. The maximum Gasteiger partial charge on any atom is 0.259 e. The van der Waals surface area contributed by atoms with Crippen LogP contribution >= 0.6 is 11.3 Å². The fourth-order valence-electron chi connectivity index (χ4n) is 4.83. The van der Waals surface area contributed by atoms with Gasteiger partial charge in [0.25, 0.3) is 5.56 Å². The van der Waals surface area contributed by atoms with Crippen molar-refractivity contribution >= 4 is 38.9 Å². The fraction of sp³-hybridized carbons (Fsp3) is 0.440. The number of hydrogen-bond acceptors (Lipinski definition) is 6. The number of ketones is 1. The summed E-state index contributed by atoms with van der Waals surface area (Å²) in [5.74, 6) is 0.754. The lowest BCUT2D eigenvalue weighted by Gasteiger charge is -2.36. The summed E-state index contributed by atoms with van der Waals surface area (Å²) in [6, 6.07) is 7.64. The molecule has 7 nitrogen and oxygen atoms in total. The average molecular weight is 465 g/mol. The minimum absolute atomic E-state index is 0.0608. The zero-order valence-corrected chi connectivity index (χ0v) is 19.7. The molecular formula is C25H28N4O3S. The average Bonchev–Trinajstić information content (AvgIpc) is 3.21. The summed E-state index contributed by atoms with van der Waals surface area (Å²) < 4.78 is 0. The number of carbonyl (C=O) groups excluding carboxylic acids is 2. The Morgan fingerprint density at radius 3 is 2.52 bits per heavy atom. The first kappa shape index (κ1) is 21.8. The summed E-state index contributed by atoms with van der Waals surface area (Å²) in [7, 11) is 0. The van der Waals surface area contributed by atoms with Crippen LogP contribution in [0, 0.1) is 0 Å². The molecule has 1 aliphatic carbocycles. The van der Waals surface area contributed by atoms with Gasteiger partial charge < -0.3 is 14.8 Å². The van der Waals surface area contributed by atoms with Gasteiger partial charge in [-0.2, -0.15) is 0 Å². The number of piperazine rings is 1. The summed E-state index contributed by atoms with van der Waals surface area (Å²) in [4.78, 5) is 50.8. The molecule has 1 N–H and O–H groups in total. The van der Waals surface area contributed by atoms with Gasteiger partial charge >= 0.3 is 0 Å². The molecule has 1 amide bonds. The molecule has 2 aliphatic rings. The second-order valence-electron chi connectivity index (χ2n) is 8.87. The molecule has 0 unspecified atom stereocenters. The first-order valence-electron chi connectivity index (χ1n) is 11.7. The number of thiophene rings is 1. The van der Waals surface area contributed by atoms with Gasteiger partial charge in [-0.05, 0) is 62.4 Å². The molecule has 0 atom stereocenters. The molecule has 8 heteroatoms. The largest absolute Gasteiger partial charge is 0.368 e. The second-order valence-corrected chi connectivity index (χ2v) is 9.96. The molecule has 0 spiro atoms. The lowest BCUT2D eigenvalue weighted by Crippen LogP contribution is -2.48. The molecule has 0 radical (unpaired) electrons. The summed E-state index contributed by atoms with van der Waals surface area (Å²) in [5.41, 5.74) is 2.90. The topological polar surface area (TPSA) is 86.4 Å². The molecule has 0 saturated carbocycles. The number of amides is 1. The highest BCUT2D eigenvalue weighted by atomic mass is 32.1. The highest BCUT2D eigenvalue weighted by Gasteiger charge is 2.23. The number of benzene rings is 1. The van der Waals surface area contributed by atoms with Crippen LogP contribution in [0.25, 0.3) is 10.2 Å². The summed E-state index contributed by atoms with van der Waals surface area (Å²) in [6.45, 7) is 4.40. The number of Topliss-reactive ketones (excluding diaryl/α,β-unsaturated/α-hetero) is 1. The van der Waals surface area contributed by atoms with E-state index < -0.39 is 0 Å². The van der Waals surface area contributed by atoms with Crippen molar-refractivity contribution in [1.29, 1.82) is 0 Å². The van der Waals surface area contributed by atoms with E-state index in [1.54, 1.807) is 18.3 Å². The van der Waals surface area contributed by atoms with Gasteiger partial charge in [0, 0.05) is 55.1 Å². The standard InChI is InChI=1S/C25H28N4O3S/c1-16(30)17-6-8-18(9-7-17)28-12-14-29(15-13-28)22(31)11-10-21-26-24(32)23-19-4-2-3-5-20(19)33-25(23)27-21/h6-9H,2-5,10-15H2,1H3,(H,26,27,32). The summed E-state index contributed by atoms with van der Waals surface area (Å²) in [5, 5.41) is 0.761. The van der Waals surface area contributed by atoms with Gasteiger partial charge in [-0.3, -0.25) is 14.4 Å². The number of anilines is 1. The maximum atomic E-state index is 12.8. The Morgan fingerprint density at radius 2 is 1.79 bits per heavy atom. The van der Waals surface area contributed by atoms with Gasteiger partial charge in [-0.1, -0.05) is 0 Å². The van der Waals surface area contributed by atoms with Crippen molar-refractivity contribution in [3.05, 3.63) is 56.4 Å². The molecule has 1 saturated heterocycles. The van der Waals surface area contributed by atoms with Crippen molar-refractivity contribution in [1.82, 2.24) is 14.9 Å². The van der Waals surface area contributed by atoms with Crippen LogP contribution in [0.3, 0.4) is 0 Å². The zero-order valence-electron chi connectivity index (χ0n) is 18.9. The SMILES string of the molecule is CC(=O)c1ccc(N2CCN(C(=O)CCc3nc4sc5c(c4c(=O)[nH]3)CCCC5)CC2)cc1. The Bertz CT molecular complexity index is 1250. The number of fused-ring (bicyclic) bond motifs is 3. The fourth-order valence-corrected chi connectivity index (χ4v) is 6.11. The number of aromatic amines is 1. The van der Waals surface area contributed by atoms with E-state index in [4.69, 9.17) is 0 Å². The van der Waals surface area contributed by atoms with E-state index >= 15 is 0 Å². The number of aryl methyl sites for hydroxylation is 3. The van der Waals surface area contributed by atoms with Gasteiger partial charge in [0.15, 0.2) is 5.78 Å². The van der Waals surface area contributed by atoms with Gasteiger partial charge in [-0.25, -0.2) is 4.98 Å². The van der Waals surface area contributed by atoms with Crippen LogP contribution < -0.4 is 10.5 Å². The van der Waals surface area contributed by atoms with E-state index in [0.717, 1.165) is 48.3 Å². The molecule has 3 heterocycles. The van der Waals surface area contributed by atoms with Crippen molar-refractivity contribution in [3.8, 4) is 0 Å². The zero-order chi connectivity index (χ0) is 22.9. The lowest BCUT2D eigenvalue weighted by molar-refractivity contribution is -0.131. The minimum Gasteiger partial charge on any atom is -0.368 e. The van der Waals surface area contributed by atoms with Crippen LogP contribution in [0.1, 0.15) is 52.8 Å². The van der Waals surface area contributed by atoms with Gasteiger partial charge in [0.2, 0.25) is 5.91 Å². The molecule has 1 fully saturated rings. The molecule has 1 aliphatic heterocycles. The van der Waals surface area contributed by atoms with Crippen LogP contribution in [0.2, 0.25) is 0 Å². The smallest absolute Gasteiger partial charge is 0.259 e. The quantitative estimate of drug-likeness (QED) is 0.585. The summed E-state index contributed by atoms with van der Waals surface area (Å²) in [6.07, 6.45) is 5.09. The predicted molar refractivity (Wildman–Crippen MR) is 130 cm³/mol. The molecular weight excluding hydrogens is 436 g/mol. The number of rotatable bonds is 5. The molecule has 172 valence electrons. The van der Waals surface area contributed by atoms with Crippen molar-refractivity contribution in [3.63, 3.8) is 0 Å². The Labute approximate surface area is 196 Å². The van der Waals surface area contributed by atoms with Crippen molar-refractivity contribution in [2.75, 3.05) is 31.1 Å². The van der Waals surface area contributed by atoms with E-state index in [-0.39, 0.29) is 17.2 Å². The van der Waals surface area contributed by atoms with Crippen LogP contribution in [0.5, 0.6) is 0 Å². The third kappa shape index (κ3) is 4.44. The number of nitrogens with zero attached hydrogens (tertiary/aromatic N) is 3. The van der Waals surface area contributed by atoms with E-state index in [1.807, 2.05) is 29.2 Å². The van der Waals surface area contributed by atoms with Crippen molar-refractivity contribution < 1.29 is 9.59 Å². The first-order valence-corrected chi connectivity index (χ1v) is 12.5. The number of H-pyrrole nitrogens is 1. The van der Waals surface area contributed by atoms with E-state index in [1.165, 1.54) is 16.9 Å². The Kier molecular flexibility index (Phi) is 6.01. The second kappa shape index (κ2) is 9.09. The van der Waals surface area contributed by atoms with Crippen molar-refractivity contribution in [2.45, 2.75) is 45.4 Å². The van der Waals surface area contributed by atoms with Gasteiger partial charge in [-0.15, -0.1) is 11.3 Å². The highest BCUT2D eigenvalue weighted by Crippen LogP contribution is 2.33. The number of nitrogens with one attached hydrogen (secondary N) is 1. The monoisotopic (exact) mass is 464 g/mol. The molecule has 0 bridgehead atoms. The van der Waals surface area contributed by atoms with Crippen LogP contribution in [0.4, 0.5) is 5.69 Å². The molecule has 1 aromatic carbocycles. The maximum absolute atomic E-state index is 12.8. The van der Waals surface area contributed by atoms with Crippen LogP contribution in [-0.2, 0) is 24.1 Å². The van der Waals surface area contributed by atoms with E-state index in [0.29, 0.717) is 37.3 Å². The molecule has 33 heavy (non-hydrogen) atoms. The third-order valence-electron chi connectivity index (χ3n) is 6.72. The Balaban J connectivity index is 1.18. The number of carbonyl (C=O) groups is 2. The van der Waals surface area contributed by atoms with Crippen LogP contribution in [0.15, 0.2) is 29.1 Å². The highest BCUT2D eigenvalue weighted by molar-refractivity contribution is 7.18. The van der Waals surface area contributed by atoms with Gasteiger partial charge in [0.1, 0.15) is 10.7 Å². The Hall–Kier alpha value is -3.00. The molecule has 5 rings (SSSR count). The van der Waals surface area contributed by atoms with E-state index in [2.05, 4.69) is 14.9 Å². The normalized spacial score (nSPS) is 16.2. The number of aromatic nitrogens is 2. The molecule has 2 aromatic heterocycles. The number of hydrogen-bond donors (Lipinski definition) is 1. The van der Waals surface area contributed by atoms with Crippen molar-refractivity contribution in [2.24, 2.45) is 0 Å². The summed E-state index contributed by atoms with van der Waals surface area (Å²) >= 11 is 1.64. The lowest BCUT2D eigenvalue weighted by atomic mass is 9.97. The van der Waals surface area contributed by atoms with E-state index in [9.17, 15) is 14.4 Å².